The molecule has 6 atom stereocenters. The van der Waals surface area contributed by atoms with Crippen LogP contribution in [-0.2, 0) is 19.2 Å². The van der Waals surface area contributed by atoms with Crippen molar-refractivity contribution in [3.63, 3.8) is 0 Å². The van der Waals surface area contributed by atoms with Crippen molar-refractivity contribution in [3.05, 3.63) is 35.4 Å². The van der Waals surface area contributed by atoms with Gasteiger partial charge in [0.1, 0.15) is 0 Å². The minimum Gasteiger partial charge on any atom is -0.504 e. The predicted octanol–water partition coefficient (Wildman–Crippen LogP) is 2.02. The molecule has 174 valence electrons. The Morgan fingerprint density at radius 1 is 1.03 bits per heavy atom. The molecule has 3 fully saturated rings. The maximum atomic E-state index is 13.4. The van der Waals surface area contributed by atoms with Gasteiger partial charge in [0, 0.05) is 20.0 Å². The molecule has 8 nitrogen and oxygen atoms in total. The Morgan fingerprint density at radius 3 is 2.39 bits per heavy atom. The van der Waals surface area contributed by atoms with Crippen LogP contribution in [0.2, 0.25) is 0 Å². The third kappa shape index (κ3) is 2.53. The van der Waals surface area contributed by atoms with Crippen LogP contribution < -0.4 is 4.74 Å². The smallest absolute Gasteiger partial charge is 0.253 e. The first-order chi connectivity index (χ1) is 15.5. The first-order valence-electron chi connectivity index (χ1n) is 10.6. The number of nitrogens with zero attached hydrogens (tertiary/aromatic N) is 2. The Labute approximate surface area is 200 Å². The second-order valence-electron chi connectivity index (χ2n) is 9.16. The number of fused-ring (bicyclic) bond motifs is 4. The molecule has 0 aromatic heterocycles. The number of phenolic OH excluding ortho intramolecular Hbond substituents is 1. The fourth-order valence-electron chi connectivity index (χ4n) is 6.15. The van der Waals surface area contributed by atoms with Gasteiger partial charge < -0.3 is 9.84 Å². The third-order valence-electron chi connectivity index (χ3n) is 7.77. The number of phenols is 1. The van der Waals surface area contributed by atoms with Gasteiger partial charge in [-0.05, 0) is 36.5 Å². The molecule has 0 bridgehead atoms. The fraction of sp³-hybridized carbons (Fsp3) is 0.478. The molecule has 1 aromatic carbocycles. The summed E-state index contributed by atoms with van der Waals surface area (Å²) in [7, 11) is 4.19. The summed E-state index contributed by atoms with van der Waals surface area (Å²) in [5.74, 6) is -4.44. The zero-order valence-corrected chi connectivity index (χ0v) is 19.7. The molecule has 0 spiro atoms. The van der Waals surface area contributed by atoms with Crippen LogP contribution in [0.25, 0.3) is 0 Å². The molecule has 33 heavy (non-hydrogen) atoms. The molecule has 5 rings (SSSR count). The lowest BCUT2D eigenvalue weighted by molar-refractivity contribution is -0.140. The topological polar surface area (TPSA) is 104 Å². The molecule has 4 amide bonds. The van der Waals surface area contributed by atoms with E-state index in [0.717, 1.165) is 9.80 Å². The number of ether oxygens (including phenoxy) is 1. The highest BCUT2D eigenvalue weighted by molar-refractivity contribution is 6.53. The molecule has 1 aromatic rings. The number of halogens is 2. The number of carbonyl (C=O) groups excluding carboxylic acids is 4. The number of hydrogen-bond donors (Lipinski definition) is 1. The van der Waals surface area contributed by atoms with Gasteiger partial charge in [0.15, 0.2) is 21.2 Å². The number of allylic oxidation sites excluding steroid dienone is 2. The van der Waals surface area contributed by atoms with Gasteiger partial charge in [-0.25, -0.2) is 0 Å². The molecule has 4 aliphatic rings. The number of aromatic hydroxyl groups is 1. The lowest BCUT2D eigenvalue weighted by Gasteiger charge is -2.50. The van der Waals surface area contributed by atoms with Crippen molar-refractivity contribution < 1.29 is 29.0 Å². The Morgan fingerprint density at radius 2 is 1.73 bits per heavy atom. The number of methoxy groups -OCH3 is 1. The molecule has 1 N–H and O–H groups in total. The van der Waals surface area contributed by atoms with Crippen molar-refractivity contribution in [2.75, 3.05) is 21.2 Å². The number of likely N-dealkylation sites (tertiary alicyclic amines) is 2. The van der Waals surface area contributed by atoms with Crippen molar-refractivity contribution in [1.82, 2.24) is 9.80 Å². The summed E-state index contributed by atoms with van der Waals surface area (Å²) in [4.78, 5) is 50.8. The van der Waals surface area contributed by atoms with Crippen LogP contribution in [0.15, 0.2) is 29.8 Å². The molecule has 0 radical (unpaired) electrons. The average molecular weight is 493 g/mol. The standard InChI is InChI=1S/C23H22Cl2N2O6/c1-26-18(29)12-6-5-11-13(16(12)19(26)30)9-22(24)20(31)27(2)21(32)23(22,25)17(11)10-4-7-14(28)15(8-10)33-3/h4-5,7-8,12-13,16-17,28H,6,9H2,1-3H3/t12-,13+,16-,17-,22+,23-/m0/s1. The number of amides is 4. The minimum absolute atomic E-state index is 0.0431. The van der Waals surface area contributed by atoms with E-state index < -0.39 is 45.2 Å². The van der Waals surface area contributed by atoms with Crippen molar-refractivity contribution in [3.8, 4) is 11.5 Å². The van der Waals surface area contributed by atoms with Crippen LogP contribution in [0.1, 0.15) is 24.3 Å². The Balaban J connectivity index is 1.76. The number of carbonyl (C=O) groups is 4. The van der Waals surface area contributed by atoms with E-state index in [1.807, 2.05) is 6.08 Å². The van der Waals surface area contributed by atoms with Crippen molar-refractivity contribution in [2.45, 2.75) is 28.5 Å². The second-order valence-corrected chi connectivity index (χ2v) is 10.4. The zero-order valence-electron chi connectivity index (χ0n) is 18.2. The van der Waals surface area contributed by atoms with Crippen LogP contribution >= 0.6 is 23.2 Å². The van der Waals surface area contributed by atoms with Gasteiger partial charge in [0.2, 0.25) is 11.8 Å². The van der Waals surface area contributed by atoms with E-state index in [2.05, 4.69) is 0 Å². The molecule has 2 aliphatic heterocycles. The maximum absolute atomic E-state index is 13.4. The van der Waals surface area contributed by atoms with Gasteiger partial charge in [0.25, 0.3) is 11.8 Å². The van der Waals surface area contributed by atoms with Crippen LogP contribution in [0, 0.1) is 17.8 Å². The summed E-state index contributed by atoms with van der Waals surface area (Å²) < 4.78 is 5.25. The van der Waals surface area contributed by atoms with E-state index in [1.165, 1.54) is 27.3 Å². The lowest BCUT2D eigenvalue weighted by atomic mass is 9.56. The highest BCUT2D eigenvalue weighted by Crippen LogP contribution is 2.65. The molecule has 0 unspecified atom stereocenters. The van der Waals surface area contributed by atoms with Gasteiger partial charge >= 0.3 is 0 Å². The van der Waals surface area contributed by atoms with Crippen LogP contribution in [0.4, 0.5) is 0 Å². The molecule has 2 saturated heterocycles. The third-order valence-corrected chi connectivity index (χ3v) is 9.19. The van der Waals surface area contributed by atoms with E-state index in [9.17, 15) is 24.3 Å². The fourth-order valence-corrected chi connectivity index (χ4v) is 7.17. The van der Waals surface area contributed by atoms with E-state index >= 15 is 0 Å². The number of benzene rings is 1. The number of rotatable bonds is 2. The first kappa shape index (κ1) is 22.2. The average Bonchev–Trinajstić information content (AvgIpc) is 3.09. The quantitative estimate of drug-likeness (QED) is 0.384. The zero-order chi connectivity index (χ0) is 24.0. The molecular weight excluding hydrogens is 471 g/mol. The molecule has 10 heteroatoms. The Hall–Kier alpha value is -2.58. The summed E-state index contributed by atoms with van der Waals surface area (Å²) in [6, 6.07) is 4.58. The lowest BCUT2D eigenvalue weighted by Crippen LogP contribution is -2.60. The monoisotopic (exact) mass is 492 g/mol. The summed E-state index contributed by atoms with van der Waals surface area (Å²) in [6.45, 7) is 0. The molecule has 2 aliphatic carbocycles. The highest BCUT2D eigenvalue weighted by atomic mass is 35.5. The van der Waals surface area contributed by atoms with Gasteiger partial charge in [0.05, 0.1) is 18.9 Å². The molecule has 1 saturated carbocycles. The van der Waals surface area contributed by atoms with Crippen molar-refractivity contribution in [1.29, 1.82) is 0 Å². The number of imide groups is 2. The molecular formula is C23H22Cl2N2O6. The summed E-state index contributed by atoms with van der Waals surface area (Å²) in [6.07, 6.45) is 2.13. The molecule has 2 heterocycles. The normalized spacial score (nSPS) is 37.7. The second kappa shape index (κ2) is 6.96. The summed E-state index contributed by atoms with van der Waals surface area (Å²) in [5.41, 5.74) is 1.21. The van der Waals surface area contributed by atoms with E-state index in [-0.39, 0.29) is 29.7 Å². The van der Waals surface area contributed by atoms with E-state index in [0.29, 0.717) is 17.6 Å². The van der Waals surface area contributed by atoms with Gasteiger partial charge in [-0.15, -0.1) is 23.2 Å². The van der Waals surface area contributed by atoms with Crippen molar-refractivity contribution in [2.24, 2.45) is 17.8 Å². The number of hydrogen-bond acceptors (Lipinski definition) is 6. The maximum Gasteiger partial charge on any atom is 0.253 e. The SMILES string of the molecule is COc1cc([C@H]2C3=CC[C@@H]4C(=O)N(C)C(=O)[C@@H]4[C@@H]3C[C@@]3(Cl)C(=O)N(C)C(=O)[C@@]23Cl)ccc1O. The van der Waals surface area contributed by atoms with Gasteiger partial charge in [-0.3, -0.25) is 29.0 Å². The minimum atomic E-state index is -1.85. The summed E-state index contributed by atoms with van der Waals surface area (Å²) >= 11 is 14.1. The van der Waals surface area contributed by atoms with E-state index in [1.54, 1.807) is 12.1 Å². The predicted molar refractivity (Wildman–Crippen MR) is 118 cm³/mol. The van der Waals surface area contributed by atoms with Crippen LogP contribution in [0.3, 0.4) is 0 Å². The van der Waals surface area contributed by atoms with Crippen LogP contribution in [-0.4, -0.2) is 69.5 Å². The highest BCUT2D eigenvalue weighted by Gasteiger charge is 2.75. The van der Waals surface area contributed by atoms with Crippen LogP contribution in [0.5, 0.6) is 11.5 Å². The van der Waals surface area contributed by atoms with Crippen molar-refractivity contribution >= 4 is 46.8 Å². The van der Waals surface area contributed by atoms with Gasteiger partial charge in [-0.1, -0.05) is 17.7 Å². The van der Waals surface area contributed by atoms with E-state index in [4.69, 9.17) is 27.9 Å². The van der Waals surface area contributed by atoms with Gasteiger partial charge in [-0.2, -0.15) is 0 Å². The summed E-state index contributed by atoms with van der Waals surface area (Å²) in [5, 5.41) is 10.1. The Bertz CT molecular complexity index is 1170. The Kier molecular flexibility index (Phi) is 4.69. The largest absolute Gasteiger partial charge is 0.504 e. The first-order valence-corrected chi connectivity index (χ1v) is 11.3. The number of alkyl halides is 2.